The molecule has 0 spiro atoms. The van der Waals surface area contributed by atoms with Crippen molar-refractivity contribution in [1.29, 1.82) is 0 Å². The topological polar surface area (TPSA) is 211 Å². The number of carbonyl (C=O) groups excluding carboxylic acids is 3. The van der Waals surface area contributed by atoms with Gasteiger partial charge in [-0.3, -0.25) is 19.2 Å². The summed E-state index contributed by atoms with van der Waals surface area (Å²) in [5, 5.41) is 0. The first-order valence-electron chi connectivity index (χ1n) is 23.3. The highest BCUT2D eigenvalue weighted by molar-refractivity contribution is 6.76. The Morgan fingerprint density at radius 1 is 0.603 bits per heavy atom. The predicted octanol–water partition coefficient (Wildman–Crippen LogP) is 10.2. The van der Waals surface area contributed by atoms with Crippen molar-refractivity contribution in [1.82, 2.24) is 44.0 Å². The molecular formula is C49H75N9O8Si2. The Kier molecular flexibility index (Phi) is 18.2. The number of ether oxygens (including phenoxy) is 4. The van der Waals surface area contributed by atoms with Crippen molar-refractivity contribution in [3.05, 3.63) is 64.2 Å². The predicted molar refractivity (Wildman–Crippen MR) is 274 cm³/mol. The minimum absolute atomic E-state index is 0.0306. The number of hydrogen-bond donors (Lipinski definition) is 2. The van der Waals surface area contributed by atoms with E-state index in [0.29, 0.717) is 102 Å². The zero-order chi connectivity index (χ0) is 51.0. The number of aromatic amines is 2. The van der Waals surface area contributed by atoms with Crippen molar-refractivity contribution < 1.29 is 33.3 Å². The van der Waals surface area contributed by atoms with Crippen LogP contribution in [0.5, 0.6) is 11.8 Å². The van der Waals surface area contributed by atoms with E-state index < -0.39 is 32.4 Å². The average molecular weight is 974 g/mol. The largest absolute Gasteiger partial charge is 0.477 e. The van der Waals surface area contributed by atoms with Crippen LogP contribution >= 0.6 is 0 Å². The SMILES string of the molecule is CC(C)(C)C(=O)c1cn(COCC[Si](C)(C)C)c2ncc(=O)[nH]c12.CCOc1cnc2[nH]cc(C(=O)C(C)(C)C)c2n1.CCOc1cnc2c(n1)c(C(=O)C(C)(C)C)cn2COCC[Si](C)(C)C. The highest BCUT2D eigenvalue weighted by Crippen LogP contribution is 2.30. The number of carbonyl (C=O) groups is 3. The van der Waals surface area contributed by atoms with Crippen LogP contribution in [0.3, 0.4) is 0 Å². The van der Waals surface area contributed by atoms with Crippen molar-refractivity contribution in [3.8, 4) is 11.8 Å². The minimum Gasteiger partial charge on any atom is -0.477 e. The molecule has 17 nitrogen and oxygen atoms in total. The normalized spacial score (nSPS) is 12.4. The minimum atomic E-state index is -1.15. The van der Waals surface area contributed by atoms with Crippen molar-refractivity contribution in [2.75, 3.05) is 26.4 Å². The molecule has 6 aromatic heterocycles. The number of aromatic nitrogens is 9. The Morgan fingerprint density at radius 3 is 1.54 bits per heavy atom. The summed E-state index contributed by atoms with van der Waals surface area (Å²) in [5.74, 6) is 0.910. The van der Waals surface area contributed by atoms with Gasteiger partial charge in [-0.1, -0.05) is 102 Å². The molecule has 0 aliphatic rings. The van der Waals surface area contributed by atoms with Crippen LogP contribution in [-0.2, 0) is 22.9 Å². The maximum absolute atomic E-state index is 12.9. The molecule has 0 aliphatic carbocycles. The molecule has 0 aliphatic heterocycles. The lowest BCUT2D eigenvalue weighted by atomic mass is 9.87. The monoisotopic (exact) mass is 974 g/mol. The summed E-state index contributed by atoms with van der Waals surface area (Å²) in [4.78, 5) is 76.8. The third-order valence-electron chi connectivity index (χ3n) is 10.3. The number of ketones is 3. The van der Waals surface area contributed by atoms with E-state index in [1.54, 1.807) is 29.4 Å². The molecule has 0 bridgehead atoms. The average Bonchev–Trinajstić information content (AvgIpc) is 3.92. The lowest BCUT2D eigenvalue weighted by Gasteiger charge is -2.16. The van der Waals surface area contributed by atoms with Crippen molar-refractivity contribution in [2.45, 2.75) is 141 Å². The van der Waals surface area contributed by atoms with E-state index in [9.17, 15) is 19.2 Å². The van der Waals surface area contributed by atoms with E-state index in [-0.39, 0.29) is 22.9 Å². The summed E-state index contributed by atoms with van der Waals surface area (Å²) in [6.07, 6.45) is 9.57. The summed E-state index contributed by atoms with van der Waals surface area (Å²) >= 11 is 0. The van der Waals surface area contributed by atoms with E-state index in [2.05, 4.69) is 74.2 Å². The van der Waals surface area contributed by atoms with Gasteiger partial charge < -0.3 is 38.0 Å². The van der Waals surface area contributed by atoms with Crippen molar-refractivity contribution in [3.63, 3.8) is 0 Å². The van der Waals surface area contributed by atoms with Crippen LogP contribution in [-0.4, -0.2) is 104 Å². The van der Waals surface area contributed by atoms with E-state index >= 15 is 0 Å². The fourth-order valence-corrected chi connectivity index (χ4v) is 7.94. The van der Waals surface area contributed by atoms with Gasteiger partial charge in [-0.05, 0) is 25.9 Å². The Hall–Kier alpha value is -5.38. The summed E-state index contributed by atoms with van der Waals surface area (Å²) in [5.41, 5.74) is 3.25. The van der Waals surface area contributed by atoms with Gasteiger partial charge in [0.2, 0.25) is 11.8 Å². The quantitative estimate of drug-likeness (QED) is 0.0495. The molecule has 0 radical (unpaired) electrons. The van der Waals surface area contributed by atoms with E-state index in [1.807, 2.05) is 86.9 Å². The molecule has 372 valence electrons. The number of rotatable bonds is 17. The second-order valence-electron chi connectivity index (χ2n) is 22.3. The Balaban J connectivity index is 0.000000226. The molecule has 68 heavy (non-hydrogen) atoms. The van der Waals surface area contributed by atoms with Crippen LogP contribution in [0.15, 0.2) is 42.0 Å². The van der Waals surface area contributed by atoms with Gasteiger partial charge in [-0.2, -0.15) is 0 Å². The Labute approximate surface area is 402 Å². The van der Waals surface area contributed by atoms with E-state index in [0.717, 1.165) is 12.1 Å². The first-order chi connectivity index (χ1) is 31.4. The van der Waals surface area contributed by atoms with Gasteiger partial charge in [0.05, 0.1) is 54.0 Å². The van der Waals surface area contributed by atoms with Crippen LogP contribution < -0.4 is 15.0 Å². The van der Waals surface area contributed by atoms with Crippen LogP contribution in [0.4, 0.5) is 0 Å². The highest BCUT2D eigenvalue weighted by atomic mass is 28.3. The van der Waals surface area contributed by atoms with E-state index in [4.69, 9.17) is 18.9 Å². The molecule has 6 rings (SSSR count). The third kappa shape index (κ3) is 15.3. The fraction of sp³-hybridized carbons (Fsp3) is 0.571. The maximum atomic E-state index is 12.9. The first-order valence-corrected chi connectivity index (χ1v) is 30.7. The number of hydrogen-bond acceptors (Lipinski definition) is 13. The van der Waals surface area contributed by atoms with E-state index in [1.165, 1.54) is 6.20 Å². The van der Waals surface area contributed by atoms with Gasteiger partial charge in [0.1, 0.15) is 24.5 Å². The number of nitrogens with zero attached hydrogens (tertiary/aromatic N) is 7. The molecule has 0 unspecified atom stereocenters. The molecule has 0 aromatic carbocycles. The summed E-state index contributed by atoms with van der Waals surface area (Å²) in [7, 11) is -2.28. The lowest BCUT2D eigenvalue weighted by molar-refractivity contribution is 0.0842. The molecule has 0 fully saturated rings. The zero-order valence-corrected chi connectivity index (χ0v) is 45.5. The van der Waals surface area contributed by atoms with Crippen molar-refractivity contribution in [2.24, 2.45) is 16.2 Å². The molecule has 2 N–H and O–H groups in total. The van der Waals surface area contributed by atoms with Crippen LogP contribution in [0.1, 0.15) is 107 Å². The van der Waals surface area contributed by atoms with Gasteiger partial charge in [0, 0.05) is 64.2 Å². The molecule has 0 amide bonds. The highest BCUT2D eigenvalue weighted by Gasteiger charge is 2.30. The van der Waals surface area contributed by atoms with Gasteiger partial charge in [-0.15, -0.1) is 0 Å². The number of H-pyrrole nitrogens is 2. The molecule has 0 saturated carbocycles. The number of fused-ring (bicyclic) bond motifs is 3. The van der Waals surface area contributed by atoms with Crippen LogP contribution in [0.2, 0.25) is 51.4 Å². The molecule has 0 atom stereocenters. The van der Waals surface area contributed by atoms with Gasteiger partial charge in [0.15, 0.2) is 34.3 Å². The molecular weight excluding hydrogens is 899 g/mol. The lowest BCUT2D eigenvalue weighted by Crippen LogP contribution is -2.22. The zero-order valence-electron chi connectivity index (χ0n) is 43.5. The molecule has 19 heteroatoms. The molecule has 0 saturated heterocycles. The number of nitrogens with one attached hydrogen (secondary N) is 2. The van der Waals surface area contributed by atoms with Gasteiger partial charge in [0.25, 0.3) is 5.56 Å². The summed E-state index contributed by atoms with van der Waals surface area (Å²) < 4.78 is 26.0. The standard InChI is InChI=1S/C19H31N3O3Si.C17H27N3O3Si.C13H17N3O2/c1-8-25-15-11-20-18-16(21-15)14(17(23)19(2,3)4)12-22(18)13-24-9-10-26(5,6)7;1-17(2,3)15(22)12-10-20(11-23-7-8-24(4,5)6)16-14(12)19-13(21)9-18-16;1-5-18-9-7-15-12-10(16-9)8(6-14-12)11(17)13(2,3)4/h11-12H,8-10,13H2,1-7H3;9-10H,7-8,11H2,1-6H3,(H,19,21);6-7H,5H2,1-4H3,(H,14,15). The second-order valence-corrected chi connectivity index (χ2v) is 33.5. The third-order valence-corrected chi connectivity index (χ3v) is 13.7. The van der Waals surface area contributed by atoms with Crippen LogP contribution in [0, 0.1) is 16.2 Å². The maximum Gasteiger partial charge on any atom is 0.267 e. The first kappa shape index (κ1) is 55.2. The Bertz CT molecular complexity index is 2740. The molecule has 6 aromatic rings. The Morgan fingerprint density at radius 2 is 1.04 bits per heavy atom. The summed E-state index contributed by atoms with van der Waals surface area (Å²) in [6, 6.07) is 2.17. The summed E-state index contributed by atoms with van der Waals surface area (Å²) in [6.45, 7) is 37.7. The smallest absolute Gasteiger partial charge is 0.267 e. The second kappa shape index (κ2) is 22.4. The van der Waals surface area contributed by atoms with Gasteiger partial charge in [-0.25, -0.2) is 24.9 Å². The van der Waals surface area contributed by atoms with Crippen molar-refractivity contribution >= 4 is 67.0 Å². The van der Waals surface area contributed by atoms with Gasteiger partial charge >= 0.3 is 0 Å². The number of Topliss-reactive ketones (excluding diaryl/α,β-unsaturated/α-hetero) is 3. The molecule has 6 heterocycles. The van der Waals surface area contributed by atoms with Crippen LogP contribution in [0.25, 0.3) is 33.5 Å². The fourth-order valence-electron chi connectivity index (χ4n) is 6.43.